The van der Waals surface area contributed by atoms with Crippen molar-refractivity contribution in [1.82, 2.24) is 5.32 Å². The van der Waals surface area contributed by atoms with E-state index in [-0.39, 0.29) is 6.04 Å². The monoisotopic (exact) mass is 213 g/mol. The van der Waals surface area contributed by atoms with Crippen molar-refractivity contribution >= 4 is 0 Å². The summed E-state index contributed by atoms with van der Waals surface area (Å²) in [6.07, 6.45) is 5.64. The van der Waals surface area contributed by atoms with E-state index in [1.54, 1.807) is 6.08 Å². The molecule has 1 aromatic carbocycles. The van der Waals surface area contributed by atoms with E-state index in [1.807, 2.05) is 18.2 Å². The van der Waals surface area contributed by atoms with E-state index in [0.717, 1.165) is 12.1 Å². The first-order valence-electron chi connectivity index (χ1n) is 5.50. The summed E-state index contributed by atoms with van der Waals surface area (Å²) in [7, 11) is 0. The lowest BCUT2D eigenvalue weighted by Crippen LogP contribution is -2.26. The fraction of sp³-hybridized carbons (Fsp3) is 0.200. The first-order chi connectivity index (χ1) is 7.77. The minimum absolute atomic E-state index is 0.288. The van der Waals surface area contributed by atoms with Gasteiger partial charge in [0.1, 0.15) is 0 Å². The average Bonchev–Trinajstić information content (AvgIpc) is 2.34. The van der Waals surface area contributed by atoms with Gasteiger partial charge in [-0.25, -0.2) is 0 Å². The highest BCUT2D eigenvalue weighted by Gasteiger charge is 2.03. The Morgan fingerprint density at radius 3 is 2.56 bits per heavy atom. The third kappa shape index (κ3) is 3.87. The van der Waals surface area contributed by atoms with E-state index in [9.17, 15) is 0 Å². The lowest BCUT2D eigenvalue weighted by atomic mass is 10.1. The van der Waals surface area contributed by atoms with Gasteiger partial charge in [-0.3, -0.25) is 0 Å². The van der Waals surface area contributed by atoms with Gasteiger partial charge in [0.25, 0.3) is 0 Å². The van der Waals surface area contributed by atoms with Crippen LogP contribution in [0.15, 0.2) is 67.3 Å². The maximum atomic E-state index is 3.80. The Morgan fingerprint density at radius 1 is 1.31 bits per heavy atom. The highest BCUT2D eigenvalue weighted by atomic mass is 14.9. The Kier molecular flexibility index (Phi) is 5.30. The van der Waals surface area contributed by atoms with Crippen LogP contribution in [0.1, 0.15) is 12.5 Å². The maximum Gasteiger partial charge on any atom is 0.0294 e. The second kappa shape index (κ2) is 6.81. The molecule has 1 heteroatoms. The van der Waals surface area contributed by atoms with Crippen molar-refractivity contribution in [3.8, 4) is 0 Å². The molecule has 0 aliphatic rings. The third-order valence-corrected chi connectivity index (χ3v) is 2.50. The van der Waals surface area contributed by atoms with Crippen molar-refractivity contribution in [1.29, 1.82) is 0 Å². The molecule has 0 saturated carbocycles. The van der Waals surface area contributed by atoms with Crippen LogP contribution in [0.2, 0.25) is 0 Å². The Labute approximate surface area is 98.2 Å². The molecule has 0 heterocycles. The van der Waals surface area contributed by atoms with E-state index < -0.39 is 0 Å². The molecule has 1 aromatic rings. The first-order valence-corrected chi connectivity index (χ1v) is 5.50. The zero-order valence-corrected chi connectivity index (χ0v) is 9.82. The van der Waals surface area contributed by atoms with Crippen molar-refractivity contribution in [2.45, 2.75) is 19.5 Å². The number of hydrogen-bond acceptors (Lipinski definition) is 1. The fourth-order valence-electron chi connectivity index (χ4n) is 1.51. The molecule has 84 valence electrons. The van der Waals surface area contributed by atoms with Crippen LogP contribution in [0, 0.1) is 0 Å². The molecule has 0 aromatic heterocycles. The molecule has 0 amide bonds. The number of nitrogens with one attached hydrogen (secondary N) is 1. The van der Waals surface area contributed by atoms with Gasteiger partial charge in [0, 0.05) is 12.6 Å². The lowest BCUT2D eigenvalue weighted by molar-refractivity contribution is 0.617. The molecule has 1 unspecified atom stereocenters. The molecule has 0 aliphatic heterocycles. The standard InChI is InChI=1S/C15H19N/c1-4-9-15(5-2)13(3)16-12-14-10-7-6-8-11-14/h4-11,13,16H,1-2,12H2,3H3/b15-9+. The summed E-state index contributed by atoms with van der Waals surface area (Å²) in [6.45, 7) is 10.5. The second-order valence-electron chi connectivity index (χ2n) is 3.69. The number of allylic oxidation sites excluding steroid dienone is 2. The summed E-state index contributed by atoms with van der Waals surface area (Å²) in [5.74, 6) is 0. The third-order valence-electron chi connectivity index (χ3n) is 2.50. The van der Waals surface area contributed by atoms with Crippen LogP contribution in [0.5, 0.6) is 0 Å². The van der Waals surface area contributed by atoms with Crippen LogP contribution in [0.4, 0.5) is 0 Å². The number of benzene rings is 1. The van der Waals surface area contributed by atoms with Crippen LogP contribution in [0.3, 0.4) is 0 Å². The fourth-order valence-corrected chi connectivity index (χ4v) is 1.51. The van der Waals surface area contributed by atoms with Crippen LogP contribution in [-0.4, -0.2) is 6.04 Å². The van der Waals surface area contributed by atoms with Gasteiger partial charge in [-0.15, -0.1) is 0 Å². The maximum absolute atomic E-state index is 3.80. The topological polar surface area (TPSA) is 12.0 Å². The zero-order valence-electron chi connectivity index (χ0n) is 9.82. The predicted octanol–water partition coefficient (Wildman–Crippen LogP) is 3.46. The predicted molar refractivity (Wildman–Crippen MR) is 71.2 cm³/mol. The van der Waals surface area contributed by atoms with Crippen LogP contribution in [-0.2, 0) is 6.54 Å². The molecule has 0 spiro atoms. The van der Waals surface area contributed by atoms with E-state index in [2.05, 4.69) is 49.7 Å². The smallest absolute Gasteiger partial charge is 0.0294 e. The minimum Gasteiger partial charge on any atom is -0.306 e. The van der Waals surface area contributed by atoms with E-state index in [0.29, 0.717) is 0 Å². The molecular weight excluding hydrogens is 194 g/mol. The molecular formula is C15H19N. The van der Waals surface area contributed by atoms with E-state index >= 15 is 0 Å². The average molecular weight is 213 g/mol. The van der Waals surface area contributed by atoms with Crippen LogP contribution < -0.4 is 5.32 Å². The summed E-state index contributed by atoms with van der Waals surface area (Å²) in [5.41, 5.74) is 2.45. The van der Waals surface area contributed by atoms with Crippen molar-refractivity contribution in [3.05, 3.63) is 72.9 Å². The van der Waals surface area contributed by atoms with E-state index in [4.69, 9.17) is 0 Å². The van der Waals surface area contributed by atoms with Crippen molar-refractivity contribution in [2.75, 3.05) is 0 Å². The van der Waals surface area contributed by atoms with Crippen LogP contribution in [0.25, 0.3) is 0 Å². The van der Waals surface area contributed by atoms with Gasteiger partial charge in [-0.2, -0.15) is 0 Å². The van der Waals surface area contributed by atoms with Gasteiger partial charge in [-0.05, 0) is 18.1 Å². The Hall–Kier alpha value is -1.60. The van der Waals surface area contributed by atoms with Gasteiger partial charge in [-0.1, -0.05) is 61.7 Å². The van der Waals surface area contributed by atoms with Gasteiger partial charge >= 0.3 is 0 Å². The molecule has 0 aliphatic carbocycles. The Bertz CT molecular complexity index is 362. The SMILES string of the molecule is C=C/C=C(\C=C)C(C)NCc1ccccc1. The number of hydrogen-bond donors (Lipinski definition) is 1. The molecule has 1 nitrogen and oxygen atoms in total. The quantitative estimate of drug-likeness (QED) is 0.713. The highest BCUT2D eigenvalue weighted by molar-refractivity contribution is 5.26. The zero-order chi connectivity index (χ0) is 11.8. The molecule has 1 rings (SSSR count). The molecule has 1 N–H and O–H groups in total. The number of rotatable bonds is 6. The summed E-state index contributed by atoms with van der Waals surface area (Å²) in [5, 5.41) is 3.45. The molecule has 0 bridgehead atoms. The molecule has 1 atom stereocenters. The van der Waals surface area contributed by atoms with E-state index in [1.165, 1.54) is 5.56 Å². The molecule has 0 saturated heterocycles. The van der Waals surface area contributed by atoms with Gasteiger partial charge < -0.3 is 5.32 Å². The summed E-state index contributed by atoms with van der Waals surface area (Å²) < 4.78 is 0. The van der Waals surface area contributed by atoms with Crippen molar-refractivity contribution in [3.63, 3.8) is 0 Å². The summed E-state index contributed by atoms with van der Waals surface area (Å²) in [4.78, 5) is 0. The van der Waals surface area contributed by atoms with Gasteiger partial charge in [0.05, 0.1) is 0 Å². The Balaban J connectivity index is 2.52. The molecule has 0 radical (unpaired) electrons. The second-order valence-corrected chi connectivity index (χ2v) is 3.69. The molecule has 0 fully saturated rings. The lowest BCUT2D eigenvalue weighted by Gasteiger charge is -2.14. The highest BCUT2D eigenvalue weighted by Crippen LogP contribution is 2.05. The first kappa shape index (κ1) is 12.5. The summed E-state index contributed by atoms with van der Waals surface area (Å²) >= 11 is 0. The van der Waals surface area contributed by atoms with Crippen molar-refractivity contribution < 1.29 is 0 Å². The normalized spacial score (nSPS) is 13.2. The van der Waals surface area contributed by atoms with Crippen molar-refractivity contribution in [2.24, 2.45) is 0 Å². The summed E-state index contributed by atoms with van der Waals surface area (Å²) in [6, 6.07) is 10.6. The van der Waals surface area contributed by atoms with Gasteiger partial charge in [0.2, 0.25) is 0 Å². The Morgan fingerprint density at radius 2 is 2.00 bits per heavy atom. The minimum atomic E-state index is 0.288. The molecule has 16 heavy (non-hydrogen) atoms. The van der Waals surface area contributed by atoms with Crippen LogP contribution >= 0.6 is 0 Å². The largest absolute Gasteiger partial charge is 0.306 e. The van der Waals surface area contributed by atoms with Gasteiger partial charge in [0.15, 0.2) is 0 Å².